The van der Waals surface area contributed by atoms with E-state index in [-0.39, 0.29) is 25.4 Å². The summed E-state index contributed by atoms with van der Waals surface area (Å²) in [6, 6.07) is 17.9. The molecule has 1 heterocycles. The van der Waals surface area contributed by atoms with Crippen LogP contribution in [0, 0.1) is 11.8 Å². The summed E-state index contributed by atoms with van der Waals surface area (Å²) in [6.45, 7) is 2.11. The number of nitrogens with one attached hydrogen (secondary N) is 3. The van der Waals surface area contributed by atoms with Crippen molar-refractivity contribution in [2.75, 3.05) is 18.9 Å². The summed E-state index contributed by atoms with van der Waals surface area (Å²) in [5.74, 6) is 4.39. The Morgan fingerprint density at radius 1 is 0.974 bits per heavy atom. The van der Waals surface area contributed by atoms with Crippen LogP contribution < -0.4 is 16.1 Å². The van der Waals surface area contributed by atoms with Crippen molar-refractivity contribution in [2.24, 2.45) is 0 Å². The van der Waals surface area contributed by atoms with Crippen molar-refractivity contribution in [3.05, 3.63) is 95.3 Å². The molecule has 0 saturated heterocycles. The molecule has 0 unspecified atom stereocenters. The first-order chi connectivity index (χ1) is 18.2. The van der Waals surface area contributed by atoms with E-state index in [1.54, 1.807) is 54.7 Å². The van der Waals surface area contributed by atoms with E-state index in [2.05, 4.69) is 27.5 Å². The molecule has 3 amide bonds. The van der Waals surface area contributed by atoms with E-state index in [1.165, 1.54) is 12.4 Å². The van der Waals surface area contributed by atoms with Gasteiger partial charge in [-0.1, -0.05) is 25.3 Å². The molecule has 10 heteroatoms. The van der Waals surface area contributed by atoms with Gasteiger partial charge in [0.25, 0.3) is 11.8 Å². The highest BCUT2D eigenvalue weighted by Gasteiger charge is 2.25. The molecular weight excluding hydrogens is 498 g/mol. The van der Waals surface area contributed by atoms with Crippen molar-refractivity contribution in [3.63, 3.8) is 0 Å². The van der Waals surface area contributed by atoms with Crippen molar-refractivity contribution >= 4 is 23.4 Å². The molecule has 0 aliphatic heterocycles. The Morgan fingerprint density at radius 2 is 1.59 bits per heavy atom. The maximum Gasteiger partial charge on any atom is 0.268 e. The van der Waals surface area contributed by atoms with Gasteiger partial charge in [-0.3, -0.25) is 29.5 Å². The molecule has 2 aromatic carbocycles. The van der Waals surface area contributed by atoms with Gasteiger partial charge in [0.05, 0.1) is 18.3 Å². The number of anilines is 1. The van der Waals surface area contributed by atoms with E-state index in [1.807, 2.05) is 30.1 Å². The molecule has 3 rings (SSSR count). The third kappa shape index (κ3) is 9.68. The first-order valence-corrected chi connectivity index (χ1v) is 11.8. The molecule has 0 aliphatic rings. The largest absolute Gasteiger partial charge is 0.391 e. The number of benzene rings is 2. The molecule has 3 aromatic rings. The van der Waals surface area contributed by atoms with Gasteiger partial charge in [-0.15, -0.1) is 0 Å². The first kappa shape index (κ1) is 30.7. The summed E-state index contributed by atoms with van der Waals surface area (Å²) >= 11 is 0. The number of nitrogens with zero attached hydrogens (tertiary/aromatic N) is 2. The lowest BCUT2D eigenvalue weighted by Gasteiger charge is -2.19. The molecule has 0 aliphatic carbocycles. The van der Waals surface area contributed by atoms with Crippen molar-refractivity contribution in [1.29, 1.82) is 0 Å². The number of rotatable bonds is 9. The zero-order valence-electron chi connectivity index (χ0n) is 21.0. The minimum absolute atomic E-state index is 0. The number of hydrogen-bond donors (Lipinski definition) is 5. The van der Waals surface area contributed by atoms with E-state index >= 15 is 0 Å². The highest BCUT2D eigenvalue weighted by molar-refractivity contribution is 5.97. The zero-order chi connectivity index (χ0) is 27.5. The molecule has 0 saturated carbocycles. The van der Waals surface area contributed by atoms with E-state index in [9.17, 15) is 19.5 Å². The summed E-state index contributed by atoms with van der Waals surface area (Å²) in [6.07, 6.45) is 0.523. The van der Waals surface area contributed by atoms with Gasteiger partial charge in [0.1, 0.15) is 6.04 Å². The fourth-order valence-corrected chi connectivity index (χ4v) is 3.46. The Balaban J connectivity index is 0.00000533. The summed E-state index contributed by atoms with van der Waals surface area (Å²) in [5.41, 5.74) is 4.63. The SMILES string of the molecule is C.C[C@@H](O)[C@H](NC(=O)c1ccc(C#Cc2ccc(NC(=O)CN(C)Cc3ccccn3)cc2)cc1)C(=O)NO. The Bertz CT molecular complexity index is 1300. The maximum absolute atomic E-state index is 12.4. The monoisotopic (exact) mass is 531 g/mol. The minimum atomic E-state index is -1.30. The van der Waals surface area contributed by atoms with E-state index in [4.69, 9.17) is 5.21 Å². The number of carbonyl (C=O) groups excluding carboxylic acids is 3. The summed E-state index contributed by atoms with van der Waals surface area (Å²) < 4.78 is 0. The van der Waals surface area contributed by atoms with Crippen LogP contribution in [-0.4, -0.2) is 63.7 Å². The van der Waals surface area contributed by atoms with Gasteiger partial charge >= 0.3 is 0 Å². The lowest BCUT2D eigenvalue weighted by molar-refractivity contribution is -0.133. The van der Waals surface area contributed by atoms with Gasteiger partial charge in [-0.05, 0) is 74.6 Å². The number of likely N-dealkylation sites (N-methyl/N-ethyl adjacent to an activating group) is 1. The summed E-state index contributed by atoms with van der Waals surface area (Å²) in [4.78, 5) is 42.5. The lowest BCUT2D eigenvalue weighted by atomic mass is 10.1. The molecule has 0 fully saturated rings. The molecule has 1 aromatic heterocycles. The molecule has 2 atom stereocenters. The Hall–Kier alpha value is -4.56. The molecule has 0 spiro atoms. The van der Waals surface area contributed by atoms with Crippen LogP contribution in [0.3, 0.4) is 0 Å². The first-order valence-electron chi connectivity index (χ1n) is 11.8. The van der Waals surface area contributed by atoms with Gasteiger partial charge in [0.15, 0.2) is 0 Å². The van der Waals surface area contributed by atoms with Crippen LogP contribution in [0.15, 0.2) is 72.9 Å². The summed E-state index contributed by atoms with van der Waals surface area (Å²) in [7, 11) is 1.86. The highest BCUT2D eigenvalue weighted by Crippen LogP contribution is 2.10. The molecular formula is C29H33N5O5. The quantitative estimate of drug-likeness (QED) is 0.162. The van der Waals surface area contributed by atoms with Crippen LogP contribution in [0.2, 0.25) is 0 Å². The number of hydrogen-bond acceptors (Lipinski definition) is 7. The van der Waals surface area contributed by atoms with Crippen LogP contribution in [0.5, 0.6) is 0 Å². The third-order valence-corrected chi connectivity index (χ3v) is 5.40. The summed E-state index contributed by atoms with van der Waals surface area (Å²) in [5, 5.41) is 23.6. The van der Waals surface area contributed by atoms with Gasteiger partial charge in [0, 0.05) is 35.1 Å². The van der Waals surface area contributed by atoms with Gasteiger partial charge in [-0.25, -0.2) is 5.48 Å². The van der Waals surface area contributed by atoms with Gasteiger partial charge in [0.2, 0.25) is 5.91 Å². The smallest absolute Gasteiger partial charge is 0.268 e. The topological polar surface area (TPSA) is 144 Å². The number of pyridine rings is 1. The second-order valence-corrected chi connectivity index (χ2v) is 8.61. The van der Waals surface area contributed by atoms with Gasteiger partial charge < -0.3 is 15.7 Å². The van der Waals surface area contributed by atoms with Crippen LogP contribution in [0.4, 0.5) is 5.69 Å². The van der Waals surface area contributed by atoms with Crippen LogP contribution in [-0.2, 0) is 16.1 Å². The Kier molecular flexibility index (Phi) is 11.8. The van der Waals surface area contributed by atoms with E-state index in [0.29, 0.717) is 17.8 Å². The van der Waals surface area contributed by atoms with Crippen molar-refractivity contribution < 1.29 is 24.7 Å². The predicted molar refractivity (Wildman–Crippen MR) is 148 cm³/mol. The molecule has 5 N–H and O–H groups in total. The number of hydroxylamine groups is 1. The number of aliphatic hydroxyl groups excluding tert-OH is 1. The van der Waals surface area contributed by atoms with Crippen molar-refractivity contribution in [2.45, 2.75) is 33.0 Å². The second-order valence-electron chi connectivity index (χ2n) is 8.61. The Labute approximate surface area is 228 Å². The second kappa shape index (κ2) is 15.0. The lowest BCUT2D eigenvalue weighted by Crippen LogP contribution is -2.51. The molecule has 0 bridgehead atoms. The molecule has 204 valence electrons. The van der Waals surface area contributed by atoms with Crippen LogP contribution >= 0.6 is 0 Å². The van der Waals surface area contributed by atoms with E-state index < -0.39 is 24.0 Å². The highest BCUT2D eigenvalue weighted by atomic mass is 16.5. The van der Waals surface area contributed by atoms with Gasteiger partial charge in [-0.2, -0.15) is 0 Å². The Morgan fingerprint density at radius 3 is 2.13 bits per heavy atom. The predicted octanol–water partition coefficient (Wildman–Crippen LogP) is 2.17. The minimum Gasteiger partial charge on any atom is -0.391 e. The maximum atomic E-state index is 12.4. The molecule has 10 nitrogen and oxygen atoms in total. The number of carbonyl (C=O) groups is 3. The molecule has 0 radical (unpaired) electrons. The van der Waals surface area contributed by atoms with Crippen LogP contribution in [0.1, 0.15) is 41.5 Å². The zero-order valence-corrected chi connectivity index (χ0v) is 21.0. The van der Waals surface area contributed by atoms with E-state index in [0.717, 1.165) is 11.3 Å². The normalized spacial score (nSPS) is 11.7. The number of aliphatic hydroxyl groups is 1. The van der Waals surface area contributed by atoms with Crippen LogP contribution in [0.25, 0.3) is 0 Å². The fourth-order valence-electron chi connectivity index (χ4n) is 3.46. The average molecular weight is 532 g/mol. The number of amides is 3. The average Bonchev–Trinajstić information content (AvgIpc) is 2.91. The standard InChI is InChI=1S/C28H29N5O5.CH4/c1-19(34)26(28(37)32-38)31-27(36)22-12-8-20(9-13-22)6-7-21-10-14-23(15-11-21)30-25(35)18-33(2)17-24-5-3-4-16-29-24;/h3-5,8-16,19,26,34,38H,17-18H2,1-2H3,(H,30,35)(H,31,36)(H,32,37);1H4/t19-,26+;/m1./s1. The van der Waals surface area contributed by atoms with Crippen molar-refractivity contribution in [3.8, 4) is 11.8 Å². The number of aromatic nitrogens is 1. The fraction of sp³-hybridized carbons (Fsp3) is 0.241. The molecule has 39 heavy (non-hydrogen) atoms. The van der Waals surface area contributed by atoms with Crippen molar-refractivity contribution in [1.82, 2.24) is 20.7 Å². The third-order valence-electron chi connectivity index (χ3n) is 5.40.